The summed E-state index contributed by atoms with van der Waals surface area (Å²) in [6, 6.07) is 15.2. The molecule has 0 bridgehead atoms. The van der Waals surface area contributed by atoms with Crippen LogP contribution in [-0.4, -0.2) is 29.8 Å². The molecule has 1 N–H and O–H groups in total. The summed E-state index contributed by atoms with van der Waals surface area (Å²) in [6.07, 6.45) is 3.89. The SMILES string of the molecule is O=C(c1ccc(NC(=O)C2(c3cccc(Br)c3)CC2)cc1)N1CCCC1. The molecule has 2 aromatic rings. The third kappa shape index (κ3) is 3.28. The first-order valence-electron chi connectivity index (χ1n) is 9.05. The monoisotopic (exact) mass is 412 g/mol. The van der Waals surface area contributed by atoms with Gasteiger partial charge in [-0.2, -0.15) is 0 Å². The second-order valence-corrected chi connectivity index (χ2v) is 8.04. The van der Waals surface area contributed by atoms with Gasteiger partial charge >= 0.3 is 0 Å². The number of carbonyl (C=O) groups excluding carboxylic acids is 2. The highest BCUT2D eigenvalue weighted by Gasteiger charge is 2.51. The Morgan fingerprint density at radius 1 is 1.00 bits per heavy atom. The van der Waals surface area contributed by atoms with E-state index < -0.39 is 5.41 Å². The summed E-state index contributed by atoms with van der Waals surface area (Å²) in [6.45, 7) is 1.68. The second kappa shape index (κ2) is 6.88. The van der Waals surface area contributed by atoms with Gasteiger partial charge in [0.2, 0.25) is 5.91 Å². The molecule has 2 amide bonds. The van der Waals surface area contributed by atoms with Crippen LogP contribution in [0.25, 0.3) is 0 Å². The highest BCUT2D eigenvalue weighted by atomic mass is 79.9. The van der Waals surface area contributed by atoms with Gasteiger partial charge in [0.25, 0.3) is 5.91 Å². The molecule has 0 spiro atoms. The first-order chi connectivity index (χ1) is 12.6. The Bertz CT molecular complexity index is 837. The summed E-state index contributed by atoms with van der Waals surface area (Å²) in [5.41, 5.74) is 2.03. The lowest BCUT2D eigenvalue weighted by Gasteiger charge is -2.17. The summed E-state index contributed by atoms with van der Waals surface area (Å²) in [5.74, 6) is 0.0994. The zero-order valence-corrected chi connectivity index (χ0v) is 16.1. The van der Waals surface area contributed by atoms with Crippen molar-refractivity contribution in [3.05, 3.63) is 64.1 Å². The molecule has 1 aliphatic heterocycles. The lowest BCUT2D eigenvalue weighted by molar-refractivity contribution is -0.118. The Kier molecular flexibility index (Phi) is 4.57. The van der Waals surface area contributed by atoms with Crippen LogP contribution in [0.2, 0.25) is 0 Å². The van der Waals surface area contributed by atoms with E-state index in [1.807, 2.05) is 41.3 Å². The van der Waals surface area contributed by atoms with Crippen LogP contribution >= 0.6 is 15.9 Å². The van der Waals surface area contributed by atoms with Crippen molar-refractivity contribution in [2.75, 3.05) is 18.4 Å². The van der Waals surface area contributed by atoms with Crippen LogP contribution in [0.1, 0.15) is 41.6 Å². The van der Waals surface area contributed by atoms with Gasteiger partial charge in [-0.15, -0.1) is 0 Å². The van der Waals surface area contributed by atoms with Gasteiger partial charge in [-0.05, 0) is 67.6 Å². The standard InChI is InChI=1S/C21H21BrN2O2/c22-17-5-3-4-16(14-17)21(10-11-21)20(26)23-18-8-6-15(7-9-18)19(25)24-12-1-2-13-24/h3-9,14H,1-2,10-13H2,(H,23,26). The fourth-order valence-electron chi connectivity index (χ4n) is 3.61. The Labute approximate surface area is 161 Å². The number of nitrogens with one attached hydrogen (secondary N) is 1. The number of halogens is 1. The van der Waals surface area contributed by atoms with Crippen LogP contribution in [0.15, 0.2) is 53.0 Å². The Morgan fingerprint density at radius 3 is 2.31 bits per heavy atom. The van der Waals surface area contributed by atoms with Gasteiger partial charge in [0.05, 0.1) is 5.41 Å². The van der Waals surface area contributed by atoms with Crippen molar-refractivity contribution in [3.63, 3.8) is 0 Å². The molecule has 26 heavy (non-hydrogen) atoms. The minimum atomic E-state index is -0.423. The molecule has 1 aliphatic carbocycles. The fourth-order valence-corrected chi connectivity index (χ4v) is 4.01. The van der Waals surface area contributed by atoms with E-state index >= 15 is 0 Å². The van der Waals surface area contributed by atoms with Crippen LogP contribution in [-0.2, 0) is 10.2 Å². The number of hydrogen-bond donors (Lipinski definition) is 1. The molecule has 0 radical (unpaired) electrons. The van der Waals surface area contributed by atoms with E-state index in [2.05, 4.69) is 21.2 Å². The average molecular weight is 413 g/mol. The molecule has 0 unspecified atom stereocenters. The number of benzene rings is 2. The summed E-state index contributed by atoms with van der Waals surface area (Å²) in [4.78, 5) is 27.1. The van der Waals surface area contributed by atoms with Gasteiger partial charge in [-0.1, -0.05) is 28.1 Å². The van der Waals surface area contributed by atoms with Crippen molar-refractivity contribution >= 4 is 33.4 Å². The lowest BCUT2D eigenvalue weighted by Crippen LogP contribution is -2.28. The highest BCUT2D eigenvalue weighted by Crippen LogP contribution is 2.49. The van der Waals surface area contributed by atoms with Crippen LogP contribution < -0.4 is 5.32 Å². The quantitative estimate of drug-likeness (QED) is 0.810. The van der Waals surface area contributed by atoms with Gasteiger partial charge in [0.1, 0.15) is 0 Å². The average Bonchev–Trinajstić information content (AvgIpc) is 3.29. The molecule has 134 valence electrons. The van der Waals surface area contributed by atoms with Crippen LogP contribution in [0.5, 0.6) is 0 Å². The molecule has 4 nitrogen and oxygen atoms in total. The number of hydrogen-bond acceptors (Lipinski definition) is 2. The van der Waals surface area contributed by atoms with Gasteiger partial charge in [0.15, 0.2) is 0 Å². The summed E-state index contributed by atoms with van der Waals surface area (Å²) < 4.78 is 0.985. The molecular weight excluding hydrogens is 392 g/mol. The van der Waals surface area contributed by atoms with Crippen molar-refractivity contribution in [1.29, 1.82) is 0 Å². The smallest absolute Gasteiger partial charge is 0.253 e. The summed E-state index contributed by atoms with van der Waals surface area (Å²) in [7, 11) is 0. The number of likely N-dealkylation sites (tertiary alicyclic amines) is 1. The maximum Gasteiger partial charge on any atom is 0.253 e. The van der Waals surface area contributed by atoms with E-state index in [4.69, 9.17) is 0 Å². The largest absolute Gasteiger partial charge is 0.339 e. The van der Waals surface area contributed by atoms with E-state index in [0.29, 0.717) is 5.56 Å². The van der Waals surface area contributed by atoms with Crippen molar-refractivity contribution in [2.24, 2.45) is 0 Å². The van der Waals surface area contributed by atoms with Gasteiger partial charge in [0, 0.05) is 28.8 Å². The molecule has 1 saturated carbocycles. The highest BCUT2D eigenvalue weighted by molar-refractivity contribution is 9.10. The van der Waals surface area contributed by atoms with E-state index in [9.17, 15) is 9.59 Å². The predicted molar refractivity (Wildman–Crippen MR) is 105 cm³/mol. The molecular formula is C21H21BrN2O2. The Balaban J connectivity index is 1.45. The summed E-state index contributed by atoms with van der Waals surface area (Å²) >= 11 is 3.48. The van der Waals surface area contributed by atoms with Gasteiger partial charge in [-0.25, -0.2) is 0 Å². The second-order valence-electron chi connectivity index (χ2n) is 7.12. The van der Waals surface area contributed by atoms with Crippen LogP contribution in [0.3, 0.4) is 0 Å². The number of carbonyl (C=O) groups is 2. The molecule has 0 atom stereocenters. The molecule has 2 aromatic carbocycles. The van der Waals surface area contributed by atoms with E-state index in [0.717, 1.165) is 54.5 Å². The minimum Gasteiger partial charge on any atom is -0.339 e. The van der Waals surface area contributed by atoms with E-state index in [1.54, 1.807) is 12.1 Å². The lowest BCUT2D eigenvalue weighted by atomic mass is 9.95. The van der Waals surface area contributed by atoms with Gasteiger partial charge in [-0.3, -0.25) is 9.59 Å². The van der Waals surface area contributed by atoms with Crippen molar-refractivity contribution < 1.29 is 9.59 Å². The first-order valence-corrected chi connectivity index (χ1v) is 9.85. The third-order valence-electron chi connectivity index (χ3n) is 5.34. The topological polar surface area (TPSA) is 49.4 Å². The number of anilines is 1. The molecule has 4 rings (SSSR count). The summed E-state index contributed by atoms with van der Waals surface area (Å²) in [5, 5.41) is 3.02. The molecule has 2 fully saturated rings. The van der Waals surface area contributed by atoms with Crippen LogP contribution in [0, 0.1) is 0 Å². The maximum absolute atomic E-state index is 12.8. The number of nitrogens with zero attached hydrogens (tertiary/aromatic N) is 1. The third-order valence-corrected chi connectivity index (χ3v) is 5.84. The predicted octanol–water partition coefficient (Wildman–Crippen LogP) is 4.36. The number of rotatable bonds is 4. The molecule has 0 aromatic heterocycles. The van der Waals surface area contributed by atoms with Crippen molar-refractivity contribution in [3.8, 4) is 0 Å². The maximum atomic E-state index is 12.8. The first kappa shape index (κ1) is 17.3. The zero-order chi connectivity index (χ0) is 18.1. The molecule has 1 saturated heterocycles. The fraction of sp³-hybridized carbons (Fsp3) is 0.333. The number of amides is 2. The van der Waals surface area contributed by atoms with Crippen molar-refractivity contribution in [2.45, 2.75) is 31.1 Å². The van der Waals surface area contributed by atoms with Crippen LogP contribution in [0.4, 0.5) is 5.69 Å². The minimum absolute atomic E-state index is 0.0224. The molecule has 2 aliphatic rings. The Morgan fingerprint density at radius 2 is 1.69 bits per heavy atom. The zero-order valence-electron chi connectivity index (χ0n) is 14.5. The normalized spacial score (nSPS) is 17.8. The van der Waals surface area contributed by atoms with Gasteiger partial charge < -0.3 is 10.2 Å². The Hall–Kier alpha value is -2.14. The van der Waals surface area contributed by atoms with Crippen molar-refractivity contribution in [1.82, 2.24) is 4.90 Å². The van der Waals surface area contributed by atoms with E-state index in [1.165, 1.54) is 0 Å². The van der Waals surface area contributed by atoms with E-state index in [-0.39, 0.29) is 11.8 Å². The molecule has 1 heterocycles. The molecule has 5 heteroatoms.